The zero-order chi connectivity index (χ0) is 29.7. The molecule has 3 atom stereocenters. The lowest BCUT2D eigenvalue weighted by molar-refractivity contribution is -0.141. The van der Waals surface area contributed by atoms with Crippen LogP contribution in [0.3, 0.4) is 0 Å². The minimum atomic E-state index is -0.529. The summed E-state index contributed by atoms with van der Waals surface area (Å²) in [5, 5.41) is 0. The van der Waals surface area contributed by atoms with Crippen molar-refractivity contribution in [3.63, 3.8) is 0 Å². The Labute approximate surface area is 247 Å². The van der Waals surface area contributed by atoms with Gasteiger partial charge < -0.3 is 38.2 Å². The molecule has 0 bridgehead atoms. The fraction of sp³-hybridized carbons (Fsp3) is 0.375. The van der Waals surface area contributed by atoms with Crippen molar-refractivity contribution < 1.29 is 42.4 Å². The van der Waals surface area contributed by atoms with E-state index in [0.29, 0.717) is 62.2 Å². The summed E-state index contributed by atoms with van der Waals surface area (Å²) in [6, 6.07) is 13.8. The number of cyclic esters (lactones) is 1. The molecule has 2 saturated heterocycles. The molecule has 1 amide bonds. The number of hydrogen-bond acceptors (Lipinski definition) is 9. The molecule has 4 aliphatic rings. The van der Waals surface area contributed by atoms with Gasteiger partial charge in [-0.05, 0) is 71.6 Å². The summed E-state index contributed by atoms with van der Waals surface area (Å²) >= 11 is 0. The molecular weight excluding hydrogens is 559 g/mol. The van der Waals surface area contributed by atoms with Crippen LogP contribution in [0.1, 0.15) is 22.6 Å². The predicted molar refractivity (Wildman–Crippen MR) is 152 cm³/mol. The van der Waals surface area contributed by atoms with E-state index in [9.17, 15) is 14.0 Å². The molecule has 11 heteroatoms. The van der Waals surface area contributed by atoms with Gasteiger partial charge in [0.05, 0.1) is 26.7 Å². The topological polar surface area (TPSA) is 96.0 Å². The molecule has 43 heavy (non-hydrogen) atoms. The van der Waals surface area contributed by atoms with Gasteiger partial charge in [-0.25, -0.2) is 9.18 Å². The number of anilines is 1. The van der Waals surface area contributed by atoms with Crippen molar-refractivity contribution in [1.82, 2.24) is 4.90 Å². The molecule has 10 nitrogen and oxygen atoms in total. The van der Waals surface area contributed by atoms with Crippen LogP contribution in [-0.4, -0.2) is 70.8 Å². The average Bonchev–Trinajstić information content (AvgIpc) is 3.65. The highest BCUT2D eigenvalue weighted by atomic mass is 19.1. The maximum Gasteiger partial charge on any atom is 0.415 e. The third kappa shape index (κ3) is 4.82. The Kier molecular flexibility index (Phi) is 6.87. The number of carbonyl (C=O) groups excluding carboxylic acids is 2. The van der Waals surface area contributed by atoms with Crippen LogP contribution in [-0.2, 0) is 16.0 Å². The van der Waals surface area contributed by atoms with Gasteiger partial charge in [0, 0.05) is 43.7 Å². The van der Waals surface area contributed by atoms with E-state index < -0.39 is 12.0 Å². The number of benzene rings is 3. The van der Waals surface area contributed by atoms with Gasteiger partial charge in [0.25, 0.3) is 0 Å². The monoisotopic (exact) mass is 590 g/mol. The molecule has 3 heterocycles. The average molecular weight is 591 g/mol. The number of esters is 1. The number of methoxy groups -OCH3 is 2. The van der Waals surface area contributed by atoms with Gasteiger partial charge in [0.2, 0.25) is 12.5 Å². The Bertz CT molecular complexity index is 1550. The number of nitrogens with zero attached hydrogens (tertiary/aromatic N) is 2. The first kappa shape index (κ1) is 27.2. The lowest BCUT2D eigenvalue weighted by atomic mass is 9.67. The van der Waals surface area contributed by atoms with E-state index in [1.54, 1.807) is 29.2 Å². The van der Waals surface area contributed by atoms with Crippen molar-refractivity contribution in [1.29, 1.82) is 0 Å². The molecule has 7 rings (SSSR count). The molecular formula is C32H31FN2O8. The van der Waals surface area contributed by atoms with Crippen molar-refractivity contribution in [3.8, 4) is 28.7 Å². The molecule has 1 aliphatic carbocycles. The van der Waals surface area contributed by atoms with E-state index >= 15 is 0 Å². The van der Waals surface area contributed by atoms with Gasteiger partial charge in [0.15, 0.2) is 23.0 Å². The van der Waals surface area contributed by atoms with E-state index in [-0.39, 0.29) is 36.2 Å². The van der Waals surface area contributed by atoms with Crippen molar-refractivity contribution in [3.05, 3.63) is 71.0 Å². The summed E-state index contributed by atoms with van der Waals surface area (Å²) in [5.74, 6) is 0.828. The van der Waals surface area contributed by atoms with Crippen LogP contribution >= 0.6 is 0 Å². The molecule has 3 aromatic rings. The summed E-state index contributed by atoms with van der Waals surface area (Å²) in [6.45, 7) is 2.52. The third-order valence-corrected chi connectivity index (χ3v) is 8.79. The molecule has 3 aromatic carbocycles. The van der Waals surface area contributed by atoms with Crippen LogP contribution in [0.5, 0.6) is 28.7 Å². The summed E-state index contributed by atoms with van der Waals surface area (Å²) in [4.78, 5) is 30.0. The molecule has 0 radical (unpaired) electrons. The molecule has 0 unspecified atom stereocenters. The van der Waals surface area contributed by atoms with Crippen LogP contribution < -0.4 is 28.6 Å². The first-order valence-electron chi connectivity index (χ1n) is 14.3. The summed E-state index contributed by atoms with van der Waals surface area (Å²) in [6.07, 6.45) is 0.162. The number of halogens is 1. The second-order valence-corrected chi connectivity index (χ2v) is 11.1. The van der Waals surface area contributed by atoms with Crippen molar-refractivity contribution in [2.75, 3.05) is 58.7 Å². The zero-order valence-electron chi connectivity index (χ0n) is 23.8. The minimum Gasteiger partial charge on any atom is -0.493 e. The fourth-order valence-electron chi connectivity index (χ4n) is 6.64. The summed E-state index contributed by atoms with van der Waals surface area (Å²) in [5.41, 5.74) is 3.70. The van der Waals surface area contributed by atoms with E-state index in [1.807, 2.05) is 12.1 Å². The van der Waals surface area contributed by atoms with E-state index in [2.05, 4.69) is 4.90 Å². The van der Waals surface area contributed by atoms with Crippen molar-refractivity contribution in [2.24, 2.45) is 11.8 Å². The summed E-state index contributed by atoms with van der Waals surface area (Å²) < 4.78 is 47.4. The maximum absolute atomic E-state index is 13.3. The van der Waals surface area contributed by atoms with E-state index in [1.165, 1.54) is 26.4 Å². The van der Waals surface area contributed by atoms with Gasteiger partial charge in [0.1, 0.15) is 5.82 Å². The molecule has 0 aromatic heterocycles. The molecule has 224 valence electrons. The highest BCUT2D eigenvalue weighted by Gasteiger charge is 2.48. The second-order valence-electron chi connectivity index (χ2n) is 11.1. The van der Waals surface area contributed by atoms with Crippen molar-refractivity contribution >= 4 is 17.7 Å². The number of fused-ring (bicyclic) bond motifs is 3. The van der Waals surface area contributed by atoms with Crippen LogP contribution in [0.15, 0.2) is 48.5 Å². The van der Waals surface area contributed by atoms with E-state index in [0.717, 1.165) is 22.4 Å². The molecule has 3 aliphatic heterocycles. The Morgan fingerprint density at radius 3 is 2.26 bits per heavy atom. The number of hydrogen-bond donors (Lipinski definition) is 0. The second kappa shape index (κ2) is 10.9. The van der Waals surface area contributed by atoms with Crippen LogP contribution in [0.4, 0.5) is 14.9 Å². The Hall–Kier alpha value is -4.67. The first-order valence-corrected chi connectivity index (χ1v) is 14.3. The number of carbonyl (C=O) groups is 2. The predicted octanol–water partition coefficient (Wildman–Crippen LogP) is 4.37. The lowest BCUT2D eigenvalue weighted by Crippen LogP contribution is -2.49. The van der Waals surface area contributed by atoms with Crippen molar-refractivity contribution in [2.45, 2.75) is 12.3 Å². The molecule has 0 saturated carbocycles. The highest BCUT2D eigenvalue weighted by molar-refractivity contribution is 5.79. The van der Waals surface area contributed by atoms with E-state index in [4.69, 9.17) is 28.4 Å². The quantitative estimate of drug-likeness (QED) is 0.402. The zero-order valence-corrected chi connectivity index (χ0v) is 23.8. The Morgan fingerprint density at radius 2 is 1.58 bits per heavy atom. The largest absolute Gasteiger partial charge is 0.493 e. The van der Waals surface area contributed by atoms with Crippen LogP contribution in [0.2, 0.25) is 0 Å². The summed E-state index contributed by atoms with van der Waals surface area (Å²) in [7, 11) is 2.99. The fourth-order valence-corrected chi connectivity index (χ4v) is 6.64. The van der Waals surface area contributed by atoms with Crippen LogP contribution in [0.25, 0.3) is 0 Å². The first-order chi connectivity index (χ1) is 20.9. The molecule has 0 N–H and O–H groups in total. The maximum atomic E-state index is 13.3. The standard InChI is InChI=1S/C32H31FN2O8/c1-38-26-13-19(28-23-15-25-24(41-17-42-25)12-18(23)11-20-16-40-31(36)29(20)28)14-27(39-2)30(26)43-32(37)35-9-7-34(8-10-35)22-5-3-21(33)4-6-22/h3-6,12-15,20,28-29H,7-11,16-17H2,1-2H3/t20-,28+,29-/m0/s1. The normalized spacial score (nSPS) is 22.0. The van der Waals surface area contributed by atoms with Gasteiger partial charge in [-0.1, -0.05) is 0 Å². The number of piperazine rings is 1. The third-order valence-electron chi connectivity index (χ3n) is 8.79. The lowest BCUT2D eigenvalue weighted by Gasteiger charge is -2.35. The minimum absolute atomic E-state index is 0.00782. The van der Waals surface area contributed by atoms with Gasteiger partial charge in [-0.15, -0.1) is 0 Å². The Morgan fingerprint density at radius 1 is 0.907 bits per heavy atom. The van der Waals surface area contributed by atoms with Gasteiger partial charge in [-0.3, -0.25) is 4.79 Å². The highest BCUT2D eigenvalue weighted by Crippen LogP contribution is 2.52. The smallest absolute Gasteiger partial charge is 0.415 e. The molecule has 0 spiro atoms. The number of rotatable bonds is 5. The number of amides is 1. The SMILES string of the molecule is COc1cc([C@@H]2c3cc4c(cc3C[C@H]3COC(=O)[C@@H]32)OCO4)cc(OC)c1OC(=O)N1CCN(c2ccc(F)cc2)CC1. The van der Waals surface area contributed by atoms with Gasteiger partial charge in [-0.2, -0.15) is 0 Å². The Balaban J connectivity index is 1.16. The number of ether oxygens (including phenoxy) is 6. The van der Waals surface area contributed by atoms with Crippen LogP contribution in [0, 0.1) is 17.7 Å². The van der Waals surface area contributed by atoms with Gasteiger partial charge >= 0.3 is 12.1 Å². The molecule has 2 fully saturated rings.